The molecule has 24 heavy (non-hydrogen) atoms. The minimum Gasteiger partial charge on any atom is -1.00 e. The fraction of sp³-hybridized carbons (Fsp3) is 0.278. The van der Waals surface area contributed by atoms with E-state index in [1.165, 1.54) is 0 Å². The highest BCUT2D eigenvalue weighted by Crippen LogP contribution is 2.33. The van der Waals surface area contributed by atoms with Crippen LogP contribution in [0.3, 0.4) is 0 Å². The van der Waals surface area contributed by atoms with Gasteiger partial charge in [-0.25, -0.2) is 4.79 Å². The highest BCUT2D eigenvalue weighted by Gasteiger charge is 2.16. The van der Waals surface area contributed by atoms with E-state index in [2.05, 4.69) is 0 Å². The van der Waals surface area contributed by atoms with Crippen molar-refractivity contribution in [1.29, 1.82) is 0 Å². The molecule has 1 heterocycles. The molecule has 4 N–H and O–H groups in total. The van der Waals surface area contributed by atoms with E-state index in [-0.39, 0.29) is 24.8 Å². The number of benzene rings is 2. The third-order valence-electron chi connectivity index (χ3n) is 4.13. The predicted molar refractivity (Wildman–Crippen MR) is 88.6 cm³/mol. The van der Waals surface area contributed by atoms with Crippen molar-refractivity contribution in [3.05, 3.63) is 51.9 Å². The number of aliphatic hydroxyl groups excluding tert-OH is 1. The van der Waals surface area contributed by atoms with Crippen LogP contribution in [0.2, 0.25) is 0 Å². The summed E-state index contributed by atoms with van der Waals surface area (Å²) in [5.74, 6) is 0.163. The number of halogens is 1. The van der Waals surface area contributed by atoms with E-state index >= 15 is 0 Å². The molecular weight excluding hydrogens is 330 g/mol. The minimum atomic E-state index is -0.391. The Bertz CT molecular complexity index is 920. The number of fused-ring (bicyclic) bond motifs is 3. The molecule has 128 valence electrons. The monoisotopic (exact) mass is 349 g/mol. The summed E-state index contributed by atoms with van der Waals surface area (Å²) in [6.45, 7) is 3.31. The molecule has 5 nitrogen and oxygen atoms in total. The number of quaternary nitrogens is 1. The molecule has 0 saturated heterocycles. The van der Waals surface area contributed by atoms with Crippen LogP contribution in [0, 0.1) is 6.92 Å². The largest absolute Gasteiger partial charge is 1.00 e. The number of phenolic OH excluding ortho intramolecular Hbond substituents is 1. The van der Waals surface area contributed by atoms with E-state index in [4.69, 9.17) is 9.52 Å². The van der Waals surface area contributed by atoms with Crippen LogP contribution in [0.25, 0.3) is 21.7 Å². The Kier molecular flexibility index (Phi) is 5.83. The van der Waals surface area contributed by atoms with Crippen LogP contribution < -0.4 is 23.3 Å². The van der Waals surface area contributed by atoms with Crippen LogP contribution in [-0.2, 0) is 6.54 Å². The Hall–Kier alpha value is -2.08. The van der Waals surface area contributed by atoms with Crippen LogP contribution in [0.5, 0.6) is 5.75 Å². The fourth-order valence-corrected chi connectivity index (χ4v) is 2.88. The van der Waals surface area contributed by atoms with Crippen molar-refractivity contribution in [3.63, 3.8) is 0 Å². The maximum atomic E-state index is 12.1. The SMILES string of the molecule is Cc1c(O)c(C[NH2+]CCCO)cc2c1oc(=O)c1ccccc12.[Cl-]. The zero-order chi connectivity index (χ0) is 16.4. The van der Waals surface area contributed by atoms with E-state index in [9.17, 15) is 9.90 Å². The molecule has 0 spiro atoms. The lowest BCUT2D eigenvalue weighted by Crippen LogP contribution is -3.00. The smallest absolute Gasteiger partial charge is 0.344 e. The van der Waals surface area contributed by atoms with Gasteiger partial charge in [0, 0.05) is 29.5 Å². The number of aliphatic hydroxyl groups is 1. The van der Waals surface area contributed by atoms with Crippen LogP contribution >= 0.6 is 0 Å². The molecule has 0 atom stereocenters. The average Bonchev–Trinajstić information content (AvgIpc) is 2.57. The van der Waals surface area contributed by atoms with E-state index in [0.717, 1.165) is 22.9 Å². The van der Waals surface area contributed by atoms with Crippen LogP contribution in [-0.4, -0.2) is 23.4 Å². The summed E-state index contributed by atoms with van der Waals surface area (Å²) in [5, 5.41) is 23.5. The molecule has 0 unspecified atom stereocenters. The molecule has 0 amide bonds. The van der Waals surface area contributed by atoms with E-state index in [0.29, 0.717) is 29.5 Å². The number of aromatic hydroxyl groups is 1. The zero-order valence-corrected chi connectivity index (χ0v) is 14.1. The van der Waals surface area contributed by atoms with Gasteiger partial charge in [0.2, 0.25) is 0 Å². The second kappa shape index (κ2) is 7.66. The molecule has 6 heteroatoms. The van der Waals surface area contributed by atoms with Crippen LogP contribution in [0.1, 0.15) is 17.5 Å². The third kappa shape index (κ3) is 3.24. The molecule has 0 fully saturated rings. The molecule has 3 aromatic rings. The van der Waals surface area contributed by atoms with Crippen molar-refractivity contribution in [2.75, 3.05) is 13.2 Å². The van der Waals surface area contributed by atoms with Gasteiger partial charge in [-0.15, -0.1) is 0 Å². The number of nitrogens with two attached hydrogens (primary N) is 1. The van der Waals surface area contributed by atoms with Crippen LogP contribution in [0.15, 0.2) is 39.5 Å². The molecule has 0 aliphatic heterocycles. The Morgan fingerprint density at radius 1 is 1.17 bits per heavy atom. The van der Waals surface area contributed by atoms with Crippen molar-refractivity contribution in [1.82, 2.24) is 0 Å². The second-order valence-electron chi connectivity index (χ2n) is 5.68. The summed E-state index contributed by atoms with van der Waals surface area (Å²) in [4.78, 5) is 12.1. The molecule has 0 aliphatic carbocycles. The quantitative estimate of drug-likeness (QED) is 0.294. The topological polar surface area (TPSA) is 87.3 Å². The summed E-state index contributed by atoms with van der Waals surface area (Å²) in [6, 6.07) is 9.22. The normalized spacial score (nSPS) is 10.9. The minimum absolute atomic E-state index is 0. The lowest BCUT2D eigenvalue weighted by atomic mass is 10.0. The maximum absolute atomic E-state index is 12.1. The number of phenols is 1. The number of hydrogen-bond acceptors (Lipinski definition) is 4. The van der Waals surface area contributed by atoms with Crippen molar-refractivity contribution >= 4 is 21.7 Å². The van der Waals surface area contributed by atoms with Gasteiger partial charge in [-0.1, -0.05) is 18.2 Å². The van der Waals surface area contributed by atoms with Gasteiger partial charge in [-0.05, 0) is 24.4 Å². The molecule has 3 rings (SSSR count). The first-order chi connectivity index (χ1) is 11.1. The van der Waals surface area contributed by atoms with Crippen LogP contribution in [0.4, 0.5) is 0 Å². The summed E-state index contributed by atoms with van der Waals surface area (Å²) in [7, 11) is 0. The summed E-state index contributed by atoms with van der Waals surface area (Å²) < 4.78 is 5.43. The third-order valence-corrected chi connectivity index (χ3v) is 4.13. The highest BCUT2D eigenvalue weighted by atomic mass is 35.5. The number of hydrogen-bond donors (Lipinski definition) is 3. The van der Waals surface area contributed by atoms with E-state index in [1.807, 2.05) is 29.6 Å². The van der Waals surface area contributed by atoms with Gasteiger partial charge in [0.25, 0.3) is 0 Å². The first-order valence-electron chi connectivity index (χ1n) is 7.73. The molecule has 0 radical (unpaired) electrons. The highest BCUT2D eigenvalue weighted by molar-refractivity contribution is 6.05. The fourth-order valence-electron chi connectivity index (χ4n) is 2.88. The van der Waals surface area contributed by atoms with E-state index < -0.39 is 5.63 Å². The summed E-state index contributed by atoms with van der Waals surface area (Å²) in [6.07, 6.45) is 0.713. The van der Waals surface area contributed by atoms with Gasteiger partial charge in [0.1, 0.15) is 17.9 Å². The second-order valence-corrected chi connectivity index (χ2v) is 5.68. The lowest BCUT2D eigenvalue weighted by molar-refractivity contribution is -0.671. The summed E-state index contributed by atoms with van der Waals surface area (Å²) in [5.41, 5.74) is 1.42. The number of aryl methyl sites for hydroxylation is 1. The molecular formula is C18H20ClNO4. The van der Waals surface area contributed by atoms with Gasteiger partial charge in [-0.3, -0.25) is 0 Å². The van der Waals surface area contributed by atoms with Crippen molar-refractivity contribution in [2.24, 2.45) is 0 Å². The standard InChI is InChI=1S/C18H19NO4.ClH/c1-11-16(21)12(10-19-7-4-8-20)9-15-13-5-2-3-6-14(13)18(22)23-17(11)15;/h2-3,5-6,9,19-21H,4,7-8,10H2,1H3;1H. The summed E-state index contributed by atoms with van der Waals surface area (Å²) >= 11 is 0. The van der Waals surface area contributed by atoms with Crippen molar-refractivity contribution < 1.29 is 32.4 Å². The molecule has 2 aromatic carbocycles. The van der Waals surface area contributed by atoms with Gasteiger partial charge in [0.15, 0.2) is 0 Å². The van der Waals surface area contributed by atoms with Gasteiger partial charge >= 0.3 is 5.63 Å². The Morgan fingerprint density at radius 3 is 2.58 bits per heavy atom. The lowest BCUT2D eigenvalue weighted by Gasteiger charge is -2.11. The Morgan fingerprint density at radius 2 is 1.88 bits per heavy atom. The maximum Gasteiger partial charge on any atom is 0.344 e. The Balaban J connectivity index is 0.00000208. The Labute approximate surface area is 145 Å². The molecule has 1 aromatic heterocycles. The predicted octanol–water partition coefficient (Wildman–Crippen LogP) is -1.59. The van der Waals surface area contributed by atoms with Gasteiger partial charge in [0.05, 0.1) is 11.9 Å². The molecule has 0 saturated carbocycles. The first kappa shape index (κ1) is 18.3. The van der Waals surface area contributed by atoms with E-state index in [1.54, 1.807) is 13.0 Å². The zero-order valence-electron chi connectivity index (χ0n) is 13.4. The van der Waals surface area contributed by atoms with Crippen molar-refractivity contribution in [2.45, 2.75) is 19.9 Å². The number of rotatable bonds is 5. The molecule has 0 bridgehead atoms. The van der Waals surface area contributed by atoms with Gasteiger partial charge in [-0.2, -0.15) is 0 Å². The first-order valence-corrected chi connectivity index (χ1v) is 7.73. The average molecular weight is 350 g/mol. The van der Waals surface area contributed by atoms with Crippen molar-refractivity contribution in [3.8, 4) is 5.75 Å². The molecule has 0 aliphatic rings. The van der Waals surface area contributed by atoms with Gasteiger partial charge < -0.3 is 32.4 Å².